The minimum absolute atomic E-state index is 0.179. The Balaban J connectivity index is 2.33. The Labute approximate surface area is 74.4 Å². The van der Waals surface area contributed by atoms with E-state index in [4.69, 9.17) is 4.74 Å². The van der Waals surface area contributed by atoms with Gasteiger partial charge in [-0.2, -0.15) is 5.10 Å². The molecule has 0 aliphatic carbocycles. The summed E-state index contributed by atoms with van der Waals surface area (Å²) in [5, 5.41) is 6.45. The zero-order valence-corrected chi connectivity index (χ0v) is 8.21. The molecule has 0 aromatic carbocycles. The van der Waals surface area contributed by atoms with Gasteiger partial charge < -0.3 is 4.74 Å². The third-order valence-corrected chi connectivity index (χ3v) is 1.60. The molecular formula is C9H18N2O. The molecule has 1 fully saturated rings. The quantitative estimate of drug-likeness (QED) is 0.555. The van der Waals surface area contributed by atoms with Crippen molar-refractivity contribution in [3.63, 3.8) is 0 Å². The fraction of sp³-hybridized carbons (Fsp3) is 0.889. The van der Waals surface area contributed by atoms with Gasteiger partial charge in [0.25, 0.3) is 0 Å². The summed E-state index contributed by atoms with van der Waals surface area (Å²) in [7, 11) is 0. The van der Waals surface area contributed by atoms with Crippen LogP contribution in [-0.4, -0.2) is 37.5 Å². The van der Waals surface area contributed by atoms with Crippen molar-refractivity contribution in [2.24, 2.45) is 10.5 Å². The van der Waals surface area contributed by atoms with E-state index in [2.05, 4.69) is 30.9 Å². The second-order valence-corrected chi connectivity index (χ2v) is 4.18. The molecule has 0 atom stereocenters. The zero-order valence-electron chi connectivity index (χ0n) is 8.21. The van der Waals surface area contributed by atoms with E-state index in [0.29, 0.717) is 0 Å². The van der Waals surface area contributed by atoms with Gasteiger partial charge in [0.15, 0.2) is 0 Å². The molecule has 0 unspecified atom stereocenters. The average Bonchev–Trinajstić information content (AvgIpc) is 2.02. The highest BCUT2D eigenvalue weighted by molar-refractivity contribution is 5.63. The summed E-state index contributed by atoms with van der Waals surface area (Å²) in [5.41, 5.74) is 0.179. The average molecular weight is 170 g/mol. The second kappa shape index (κ2) is 3.90. The van der Waals surface area contributed by atoms with Crippen LogP contribution in [0.3, 0.4) is 0 Å². The third kappa shape index (κ3) is 3.72. The van der Waals surface area contributed by atoms with Crippen molar-refractivity contribution in [1.82, 2.24) is 5.01 Å². The number of hydrogen-bond acceptors (Lipinski definition) is 3. The maximum absolute atomic E-state index is 5.22. The van der Waals surface area contributed by atoms with Gasteiger partial charge in [-0.1, -0.05) is 20.8 Å². The molecule has 0 spiro atoms. The molecule has 1 saturated heterocycles. The van der Waals surface area contributed by atoms with Gasteiger partial charge in [0.1, 0.15) is 0 Å². The Bertz CT molecular complexity index is 154. The first-order chi connectivity index (χ1) is 5.58. The van der Waals surface area contributed by atoms with Crippen LogP contribution in [0.25, 0.3) is 0 Å². The Morgan fingerprint density at radius 2 is 1.83 bits per heavy atom. The largest absolute Gasteiger partial charge is 0.378 e. The van der Waals surface area contributed by atoms with Crippen LogP contribution in [0.15, 0.2) is 5.10 Å². The van der Waals surface area contributed by atoms with Crippen LogP contribution < -0.4 is 0 Å². The van der Waals surface area contributed by atoms with E-state index in [9.17, 15) is 0 Å². The molecule has 0 bridgehead atoms. The molecule has 0 N–H and O–H groups in total. The molecule has 1 aliphatic rings. The number of morpholine rings is 1. The summed E-state index contributed by atoms with van der Waals surface area (Å²) in [6.07, 6.45) is 2.00. The highest BCUT2D eigenvalue weighted by Gasteiger charge is 2.09. The SMILES string of the molecule is CC(C)(C)/C=N/N1CCOCC1. The molecular weight excluding hydrogens is 152 g/mol. The van der Waals surface area contributed by atoms with E-state index in [1.807, 2.05) is 6.21 Å². The van der Waals surface area contributed by atoms with Crippen molar-refractivity contribution >= 4 is 6.21 Å². The van der Waals surface area contributed by atoms with Gasteiger partial charge in [0.05, 0.1) is 26.3 Å². The van der Waals surface area contributed by atoms with Crippen molar-refractivity contribution in [2.45, 2.75) is 20.8 Å². The highest BCUT2D eigenvalue weighted by atomic mass is 16.5. The summed E-state index contributed by atoms with van der Waals surface area (Å²) >= 11 is 0. The first-order valence-corrected chi connectivity index (χ1v) is 4.46. The molecule has 0 saturated carbocycles. The molecule has 1 aliphatic heterocycles. The molecule has 0 radical (unpaired) electrons. The Morgan fingerprint density at radius 3 is 2.33 bits per heavy atom. The maximum Gasteiger partial charge on any atom is 0.0659 e. The molecule has 1 heterocycles. The van der Waals surface area contributed by atoms with Crippen molar-refractivity contribution in [1.29, 1.82) is 0 Å². The smallest absolute Gasteiger partial charge is 0.0659 e. The predicted molar refractivity (Wildman–Crippen MR) is 50.3 cm³/mol. The van der Waals surface area contributed by atoms with Crippen LogP contribution in [0.4, 0.5) is 0 Å². The van der Waals surface area contributed by atoms with Gasteiger partial charge in [-0.05, 0) is 5.41 Å². The molecule has 70 valence electrons. The van der Waals surface area contributed by atoms with Crippen molar-refractivity contribution < 1.29 is 4.74 Å². The zero-order chi connectivity index (χ0) is 9.03. The Hall–Kier alpha value is -0.570. The number of rotatable bonds is 1. The Kier molecular flexibility index (Phi) is 3.09. The number of nitrogens with zero attached hydrogens (tertiary/aromatic N) is 2. The van der Waals surface area contributed by atoms with Gasteiger partial charge in [0.2, 0.25) is 0 Å². The van der Waals surface area contributed by atoms with Gasteiger partial charge in [0, 0.05) is 6.21 Å². The maximum atomic E-state index is 5.22. The summed E-state index contributed by atoms with van der Waals surface area (Å²) in [4.78, 5) is 0. The molecule has 3 nitrogen and oxygen atoms in total. The lowest BCUT2D eigenvalue weighted by Crippen LogP contribution is -2.32. The van der Waals surface area contributed by atoms with Crippen LogP contribution in [0, 0.1) is 5.41 Å². The first kappa shape index (κ1) is 9.52. The number of ether oxygens (including phenoxy) is 1. The molecule has 1 rings (SSSR count). The van der Waals surface area contributed by atoms with E-state index in [0.717, 1.165) is 26.3 Å². The van der Waals surface area contributed by atoms with Crippen molar-refractivity contribution in [3.05, 3.63) is 0 Å². The van der Waals surface area contributed by atoms with Gasteiger partial charge >= 0.3 is 0 Å². The predicted octanol–water partition coefficient (Wildman–Crippen LogP) is 1.35. The van der Waals surface area contributed by atoms with Crippen LogP contribution in [-0.2, 0) is 4.74 Å². The van der Waals surface area contributed by atoms with E-state index in [-0.39, 0.29) is 5.41 Å². The second-order valence-electron chi connectivity index (χ2n) is 4.18. The van der Waals surface area contributed by atoms with Crippen LogP contribution in [0.1, 0.15) is 20.8 Å². The molecule has 0 aromatic heterocycles. The highest BCUT2D eigenvalue weighted by Crippen LogP contribution is 2.09. The lowest BCUT2D eigenvalue weighted by molar-refractivity contribution is 0.0392. The van der Waals surface area contributed by atoms with E-state index in [1.54, 1.807) is 0 Å². The summed E-state index contributed by atoms with van der Waals surface area (Å²) < 4.78 is 5.22. The van der Waals surface area contributed by atoms with Gasteiger partial charge in [-0.15, -0.1) is 0 Å². The van der Waals surface area contributed by atoms with Crippen molar-refractivity contribution in [3.8, 4) is 0 Å². The van der Waals surface area contributed by atoms with E-state index < -0.39 is 0 Å². The first-order valence-electron chi connectivity index (χ1n) is 4.46. The summed E-state index contributed by atoms with van der Waals surface area (Å²) in [6, 6.07) is 0. The van der Waals surface area contributed by atoms with Gasteiger partial charge in [-0.3, -0.25) is 5.01 Å². The molecule has 0 aromatic rings. The summed E-state index contributed by atoms with van der Waals surface area (Å²) in [5.74, 6) is 0. The van der Waals surface area contributed by atoms with E-state index >= 15 is 0 Å². The van der Waals surface area contributed by atoms with Gasteiger partial charge in [-0.25, -0.2) is 0 Å². The van der Waals surface area contributed by atoms with Crippen LogP contribution in [0.5, 0.6) is 0 Å². The van der Waals surface area contributed by atoms with Crippen LogP contribution in [0.2, 0.25) is 0 Å². The van der Waals surface area contributed by atoms with Crippen molar-refractivity contribution in [2.75, 3.05) is 26.3 Å². The topological polar surface area (TPSA) is 24.8 Å². The normalized spacial score (nSPS) is 20.4. The monoisotopic (exact) mass is 170 g/mol. The standard InChI is InChI=1S/C9H18N2O/c1-9(2,3)8-10-11-4-6-12-7-5-11/h8H,4-7H2,1-3H3/b10-8+. The fourth-order valence-corrected chi connectivity index (χ4v) is 0.924. The number of hydrazone groups is 1. The van der Waals surface area contributed by atoms with E-state index in [1.165, 1.54) is 0 Å². The summed E-state index contributed by atoms with van der Waals surface area (Å²) in [6.45, 7) is 9.91. The number of hydrogen-bond donors (Lipinski definition) is 0. The molecule has 3 heteroatoms. The lowest BCUT2D eigenvalue weighted by atomic mass is 9.99. The minimum Gasteiger partial charge on any atom is -0.378 e. The third-order valence-electron chi connectivity index (χ3n) is 1.60. The van der Waals surface area contributed by atoms with Crippen LogP contribution >= 0.6 is 0 Å². The molecule has 0 amide bonds. The lowest BCUT2D eigenvalue weighted by Gasteiger charge is -2.24. The molecule has 12 heavy (non-hydrogen) atoms. The fourth-order valence-electron chi connectivity index (χ4n) is 0.924. The minimum atomic E-state index is 0.179. The Morgan fingerprint density at radius 1 is 1.25 bits per heavy atom.